The minimum atomic E-state index is -4.72. The number of halogens is 3. The minimum absolute atomic E-state index is 0.0313. The highest BCUT2D eigenvalue weighted by molar-refractivity contribution is 6.04. The molecular weight excluding hydrogens is 227 g/mol. The van der Waals surface area contributed by atoms with Crippen molar-refractivity contribution in [3.63, 3.8) is 0 Å². The van der Waals surface area contributed by atoms with Crippen LogP contribution in [0.3, 0.4) is 0 Å². The Morgan fingerprint density at radius 3 is 2.56 bits per heavy atom. The summed E-state index contributed by atoms with van der Waals surface area (Å²) in [6.07, 6.45) is -4.72. The van der Waals surface area contributed by atoms with Crippen molar-refractivity contribution < 1.29 is 27.9 Å². The van der Waals surface area contributed by atoms with Crippen LogP contribution in [-0.4, -0.2) is 23.9 Å². The maximum absolute atomic E-state index is 12.4. The Hall–Kier alpha value is -1.92. The van der Waals surface area contributed by atoms with Crippen LogP contribution in [0.25, 0.3) is 0 Å². The van der Waals surface area contributed by atoms with Crippen molar-refractivity contribution >= 4 is 5.71 Å². The molecule has 0 fully saturated rings. The SMILES string of the molecule is ON=C(c1ccc2c(c1)OCO2)C(F)(F)F. The van der Waals surface area contributed by atoms with Gasteiger partial charge in [-0.3, -0.25) is 0 Å². The number of hydrogen-bond acceptors (Lipinski definition) is 4. The van der Waals surface area contributed by atoms with Crippen LogP contribution >= 0.6 is 0 Å². The summed E-state index contributed by atoms with van der Waals surface area (Å²) in [6.45, 7) is -0.0313. The highest BCUT2D eigenvalue weighted by atomic mass is 19.4. The molecule has 1 heterocycles. The van der Waals surface area contributed by atoms with Gasteiger partial charge < -0.3 is 14.7 Å². The Morgan fingerprint density at radius 2 is 1.94 bits per heavy atom. The predicted octanol–water partition coefficient (Wildman–Crippen LogP) is 2.16. The molecule has 1 N–H and O–H groups in total. The Balaban J connectivity index is 2.41. The first-order valence-electron chi connectivity index (χ1n) is 4.21. The molecule has 1 aliphatic heterocycles. The fourth-order valence-electron chi connectivity index (χ4n) is 1.32. The van der Waals surface area contributed by atoms with Crippen LogP contribution in [-0.2, 0) is 0 Å². The molecule has 0 saturated heterocycles. The molecular formula is C9H6F3NO3. The van der Waals surface area contributed by atoms with Crippen LogP contribution in [0.5, 0.6) is 11.5 Å². The highest BCUT2D eigenvalue weighted by Gasteiger charge is 2.38. The van der Waals surface area contributed by atoms with Gasteiger partial charge in [-0.2, -0.15) is 13.2 Å². The summed E-state index contributed by atoms with van der Waals surface area (Å²) in [4.78, 5) is 0. The van der Waals surface area contributed by atoms with Crippen LogP contribution in [0.15, 0.2) is 23.4 Å². The summed E-state index contributed by atoms with van der Waals surface area (Å²) < 4.78 is 47.1. The zero-order valence-electron chi connectivity index (χ0n) is 7.78. The molecule has 1 aromatic carbocycles. The Bertz CT molecular complexity index is 442. The van der Waals surface area contributed by atoms with Crippen LogP contribution in [0.1, 0.15) is 5.56 Å². The fourth-order valence-corrected chi connectivity index (χ4v) is 1.32. The van der Waals surface area contributed by atoms with E-state index in [4.69, 9.17) is 14.7 Å². The topological polar surface area (TPSA) is 51.1 Å². The number of benzene rings is 1. The third-order valence-electron chi connectivity index (χ3n) is 2.01. The van der Waals surface area contributed by atoms with Gasteiger partial charge in [-0.05, 0) is 18.2 Å². The van der Waals surface area contributed by atoms with Gasteiger partial charge in [-0.15, -0.1) is 0 Å². The molecule has 0 saturated carbocycles. The third kappa shape index (κ3) is 1.75. The van der Waals surface area contributed by atoms with Crippen molar-refractivity contribution in [2.75, 3.05) is 6.79 Å². The zero-order valence-corrected chi connectivity index (χ0v) is 7.78. The molecule has 1 aromatic rings. The van der Waals surface area contributed by atoms with E-state index in [1.165, 1.54) is 6.07 Å². The van der Waals surface area contributed by atoms with Crippen LogP contribution < -0.4 is 9.47 Å². The number of rotatable bonds is 1. The molecule has 1 aliphatic rings. The van der Waals surface area contributed by atoms with Gasteiger partial charge in [0.25, 0.3) is 0 Å². The predicted molar refractivity (Wildman–Crippen MR) is 46.9 cm³/mol. The Labute approximate surface area is 87.9 Å². The lowest BCUT2D eigenvalue weighted by Crippen LogP contribution is -2.23. The van der Waals surface area contributed by atoms with Gasteiger partial charge in [0, 0.05) is 5.56 Å². The first kappa shape index (κ1) is 10.6. The molecule has 0 amide bonds. The smallest absolute Gasteiger partial charge is 0.437 e. The maximum atomic E-state index is 12.4. The molecule has 86 valence electrons. The fraction of sp³-hybridized carbons (Fsp3) is 0.222. The molecule has 0 aliphatic carbocycles. The van der Waals surface area contributed by atoms with Gasteiger partial charge in [-0.25, -0.2) is 0 Å². The van der Waals surface area contributed by atoms with E-state index in [2.05, 4.69) is 5.16 Å². The van der Waals surface area contributed by atoms with Crippen LogP contribution in [0.4, 0.5) is 13.2 Å². The number of fused-ring (bicyclic) bond motifs is 1. The average Bonchev–Trinajstić information content (AvgIpc) is 2.63. The van der Waals surface area contributed by atoms with Crippen molar-refractivity contribution in [2.45, 2.75) is 6.18 Å². The number of alkyl halides is 3. The van der Waals surface area contributed by atoms with Crippen molar-refractivity contribution in [1.29, 1.82) is 0 Å². The van der Waals surface area contributed by atoms with E-state index in [0.717, 1.165) is 12.1 Å². The second-order valence-corrected chi connectivity index (χ2v) is 3.01. The second-order valence-electron chi connectivity index (χ2n) is 3.01. The summed E-state index contributed by atoms with van der Waals surface area (Å²) in [5, 5.41) is 10.6. The quantitative estimate of drug-likeness (QED) is 0.459. The summed E-state index contributed by atoms with van der Waals surface area (Å²) in [5.41, 5.74) is -1.65. The normalized spacial score (nSPS) is 15.3. The van der Waals surface area contributed by atoms with Crippen molar-refractivity contribution in [2.24, 2.45) is 5.16 Å². The van der Waals surface area contributed by atoms with Crippen molar-refractivity contribution in [1.82, 2.24) is 0 Å². The van der Waals surface area contributed by atoms with Gasteiger partial charge in [0.1, 0.15) is 0 Å². The molecule has 0 atom stereocenters. The van der Waals surface area contributed by atoms with Crippen LogP contribution in [0.2, 0.25) is 0 Å². The lowest BCUT2D eigenvalue weighted by molar-refractivity contribution is -0.0601. The monoisotopic (exact) mass is 233 g/mol. The lowest BCUT2D eigenvalue weighted by atomic mass is 10.1. The van der Waals surface area contributed by atoms with Gasteiger partial charge in [-0.1, -0.05) is 5.16 Å². The molecule has 2 rings (SSSR count). The molecule has 0 spiro atoms. The van der Waals surface area contributed by atoms with Gasteiger partial charge in [0.15, 0.2) is 17.2 Å². The Kier molecular flexibility index (Phi) is 2.37. The summed E-state index contributed by atoms with van der Waals surface area (Å²) in [7, 11) is 0. The van der Waals surface area contributed by atoms with E-state index in [1.54, 1.807) is 0 Å². The molecule has 0 bridgehead atoms. The largest absolute Gasteiger partial charge is 0.454 e. The van der Waals surface area contributed by atoms with E-state index >= 15 is 0 Å². The molecule has 4 nitrogen and oxygen atoms in total. The number of hydrogen-bond donors (Lipinski definition) is 1. The molecule has 7 heteroatoms. The number of oxime groups is 1. The van der Waals surface area contributed by atoms with E-state index in [9.17, 15) is 13.2 Å². The molecule has 16 heavy (non-hydrogen) atoms. The molecule has 0 unspecified atom stereocenters. The maximum Gasteiger partial charge on any atom is 0.437 e. The van der Waals surface area contributed by atoms with E-state index in [1.807, 2.05) is 0 Å². The standard InChI is InChI=1S/C9H6F3NO3/c10-9(11,12)8(13-14)5-1-2-6-7(3-5)16-4-15-6/h1-3,14H,4H2. The summed E-state index contributed by atoms with van der Waals surface area (Å²) >= 11 is 0. The Morgan fingerprint density at radius 1 is 1.25 bits per heavy atom. The molecule has 0 aromatic heterocycles. The summed E-state index contributed by atoms with van der Waals surface area (Å²) in [5.74, 6) is 0.561. The van der Waals surface area contributed by atoms with Crippen LogP contribution in [0, 0.1) is 0 Å². The second kappa shape index (κ2) is 3.58. The number of nitrogens with zero attached hydrogens (tertiary/aromatic N) is 1. The molecule has 0 radical (unpaired) electrons. The zero-order chi connectivity index (χ0) is 11.8. The van der Waals surface area contributed by atoms with Gasteiger partial charge in [0.2, 0.25) is 6.79 Å². The van der Waals surface area contributed by atoms with Gasteiger partial charge in [0.05, 0.1) is 0 Å². The lowest BCUT2D eigenvalue weighted by Gasteiger charge is -2.08. The third-order valence-corrected chi connectivity index (χ3v) is 2.01. The average molecular weight is 233 g/mol. The number of ether oxygens (including phenoxy) is 2. The summed E-state index contributed by atoms with van der Waals surface area (Å²) in [6, 6.07) is 3.59. The van der Waals surface area contributed by atoms with Gasteiger partial charge >= 0.3 is 6.18 Å². The van der Waals surface area contributed by atoms with E-state index in [0.29, 0.717) is 5.75 Å². The highest BCUT2D eigenvalue weighted by Crippen LogP contribution is 2.34. The van der Waals surface area contributed by atoms with E-state index in [-0.39, 0.29) is 18.1 Å². The van der Waals surface area contributed by atoms with Crippen molar-refractivity contribution in [3.05, 3.63) is 23.8 Å². The first-order chi connectivity index (χ1) is 7.52. The minimum Gasteiger partial charge on any atom is -0.454 e. The van der Waals surface area contributed by atoms with E-state index < -0.39 is 11.9 Å². The van der Waals surface area contributed by atoms with Crippen molar-refractivity contribution in [3.8, 4) is 11.5 Å². The first-order valence-corrected chi connectivity index (χ1v) is 4.21.